The second-order valence-electron chi connectivity index (χ2n) is 3.89. The molecule has 5 heteroatoms. The van der Waals surface area contributed by atoms with E-state index < -0.39 is 0 Å². The summed E-state index contributed by atoms with van der Waals surface area (Å²) in [5, 5.41) is 6.15. The van der Waals surface area contributed by atoms with E-state index in [1.807, 2.05) is 6.07 Å². The zero-order valence-corrected chi connectivity index (χ0v) is 10.5. The van der Waals surface area contributed by atoms with Crippen LogP contribution in [0.4, 0.5) is 5.69 Å². The zero-order valence-electron chi connectivity index (χ0n) is 8.87. The second-order valence-corrected chi connectivity index (χ2v) is 4.64. The van der Waals surface area contributed by atoms with Gasteiger partial charge in [-0.15, -0.1) is 0 Å². The number of hydrogen-bond acceptors (Lipinski definition) is 3. The van der Waals surface area contributed by atoms with Crippen LogP contribution in [0.2, 0.25) is 0 Å². The van der Waals surface area contributed by atoms with Crippen LogP contribution in [0.3, 0.4) is 0 Å². The highest BCUT2D eigenvalue weighted by molar-refractivity contribution is 9.10. The molecule has 1 aliphatic rings. The van der Waals surface area contributed by atoms with Gasteiger partial charge in [0.25, 0.3) is 0 Å². The minimum atomic E-state index is 0.0353. The van der Waals surface area contributed by atoms with Crippen LogP contribution in [0.1, 0.15) is 19.3 Å². The van der Waals surface area contributed by atoms with E-state index in [4.69, 9.17) is 0 Å². The van der Waals surface area contributed by atoms with Crippen molar-refractivity contribution < 1.29 is 4.79 Å². The lowest BCUT2D eigenvalue weighted by molar-refractivity contribution is -0.116. The Bertz CT molecular complexity index is 377. The molecule has 0 aliphatic carbocycles. The number of aromatic nitrogens is 1. The van der Waals surface area contributed by atoms with Crippen molar-refractivity contribution in [1.82, 2.24) is 10.3 Å². The van der Waals surface area contributed by atoms with Gasteiger partial charge in [-0.1, -0.05) is 0 Å². The minimum Gasteiger partial charge on any atom is -0.324 e. The van der Waals surface area contributed by atoms with Gasteiger partial charge in [0.05, 0.1) is 5.69 Å². The van der Waals surface area contributed by atoms with Crippen LogP contribution < -0.4 is 10.6 Å². The topological polar surface area (TPSA) is 54.0 Å². The number of carbonyl (C=O) groups excluding carboxylic acids is 1. The van der Waals surface area contributed by atoms with Gasteiger partial charge in [0.15, 0.2) is 0 Å². The number of nitrogens with one attached hydrogen (secondary N) is 2. The summed E-state index contributed by atoms with van der Waals surface area (Å²) < 4.78 is 0.669. The molecule has 1 amide bonds. The standard InChI is InChI=1S/C11H14BrN3O/c12-11-9(4-2-6-14-11)15-10(16)7-8-3-1-5-13-8/h2,4,6,8,13H,1,3,5,7H2,(H,15,16). The van der Waals surface area contributed by atoms with E-state index in [0.29, 0.717) is 17.1 Å². The van der Waals surface area contributed by atoms with Gasteiger partial charge in [0.2, 0.25) is 5.91 Å². The first-order valence-electron chi connectivity index (χ1n) is 5.39. The van der Waals surface area contributed by atoms with Crippen LogP contribution in [0.25, 0.3) is 0 Å². The average molecular weight is 284 g/mol. The lowest BCUT2D eigenvalue weighted by Crippen LogP contribution is -2.27. The van der Waals surface area contributed by atoms with Crippen LogP contribution in [-0.4, -0.2) is 23.5 Å². The largest absolute Gasteiger partial charge is 0.324 e. The molecule has 1 unspecified atom stereocenters. The first-order valence-corrected chi connectivity index (χ1v) is 6.19. The Kier molecular flexibility index (Phi) is 3.90. The molecule has 2 rings (SSSR count). The maximum Gasteiger partial charge on any atom is 0.226 e. The molecule has 86 valence electrons. The third kappa shape index (κ3) is 3.02. The molecule has 0 bridgehead atoms. The van der Waals surface area contributed by atoms with Crippen LogP contribution >= 0.6 is 15.9 Å². The fraction of sp³-hybridized carbons (Fsp3) is 0.455. The Hall–Kier alpha value is -0.940. The van der Waals surface area contributed by atoms with Crippen molar-refractivity contribution in [3.05, 3.63) is 22.9 Å². The first kappa shape index (κ1) is 11.5. The molecule has 2 N–H and O–H groups in total. The van der Waals surface area contributed by atoms with Crippen molar-refractivity contribution in [2.24, 2.45) is 0 Å². The maximum absolute atomic E-state index is 11.7. The monoisotopic (exact) mass is 283 g/mol. The van der Waals surface area contributed by atoms with E-state index in [2.05, 4.69) is 31.5 Å². The second kappa shape index (κ2) is 5.41. The quantitative estimate of drug-likeness (QED) is 0.834. The Labute approximate surface area is 103 Å². The number of carbonyl (C=O) groups is 1. The van der Waals surface area contributed by atoms with Crippen LogP contribution in [-0.2, 0) is 4.79 Å². The first-order chi connectivity index (χ1) is 7.75. The summed E-state index contributed by atoms with van der Waals surface area (Å²) in [6, 6.07) is 3.96. The molecular formula is C11H14BrN3O. The highest BCUT2D eigenvalue weighted by Gasteiger charge is 2.17. The lowest BCUT2D eigenvalue weighted by Gasteiger charge is -2.10. The fourth-order valence-corrected chi connectivity index (χ4v) is 2.18. The Morgan fingerprint density at radius 1 is 1.69 bits per heavy atom. The molecule has 0 saturated carbocycles. The highest BCUT2D eigenvalue weighted by atomic mass is 79.9. The predicted octanol–water partition coefficient (Wildman–Crippen LogP) is 1.92. The smallest absolute Gasteiger partial charge is 0.226 e. The van der Waals surface area contributed by atoms with Crippen molar-refractivity contribution in [3.8, 4) is 0 Å². The van der Waals surface area contributed by atoms with Gasteiger partial charge in [-0.05, 0) is 47.4 Å². The number of anilines is 1. The molecule has 1 aromatic heterocycles. The van der Waals surface area contributed by atoms with Gasteiger partial charge in [-0.2, -0.15) is 0 Å². The molecule has 1 fully saturated rings. The van der Waals surface area contributed by atoms with Crippen LogP contribution in [0.15, 0.2) is 22.9 Å². The Balaban J connectivity index is 1.89. The van der Waals surface area contributed by atoms with E-state index in [0.717, 1.165) is 25.1 Å². The third-order valence-electron chi connectivity index (χ3n) is 2.63. The maximum atomic E-state index is 11.7. The molecule has 2 heterocycles. The van der Waals surface area contributed by atoms with Gasteiger partial charge in [-0.3, -0.25) is 4.79 Å². The molecule has 1 atom stereocenters. The molecule has 0 aromatic carbocycles. The molecule has 0 spiro atoms. The van der Waals surface area contributed by atoms with Gasteiger partial charge in [0.1, 0.15) is 4.60 Å². The van der Waals surface area contributed by atoms with E-state index in [-0.39, 0.29) is 5.91 Å². The molecule has 1 saturated heterocycles. The van der Waals surface area contributed by atoms with Crippen LogP contribution in [0.5, 0.6) is 0 Å². The van der Waals surface area contributed by atoms with Gasteiger partial charge in [-0.25, -0.2) is 4.98 Å². The SMILES string of the molecule is O=C(CC1CCCN1)Nc1cccnc1Br. The van der Waals surface area contributed by atoms with Gasteiger partial charge < -0.3 is 10.6 Å². The summed E-state index contributed by atoms with van der Waals surface area (Å²) in [5.74, 6) is 0.0353. The fourth-order valence-electron chi connectivity index (χ4n) is 1.84. The summed E-state index contributed by atoms with van der Waals surface area (Å²) in [5.41, 5.74) is 0.727. The summed E-state index contributed by atoms with van der Waals surface area (Å²) in [4.78, 5) is 15.8. The van der Waals surface area contributed by atoms with E-state index in [1.54, 1.807) is 12.3 Å². The molecule has 1 aliphatic heterocycles. The molecule has 4 nitrogen and oxygen atoms in total. The number of rotatable bonds is 3. The normalized spacial score (nSPS) is 19.7. The van der Waals surface area contributed by atoms with Crippen molar-refractivity contribution in [2.45, 2.75) is 25.3 Å². The number of halogens is 1. The van der Waals surface area contributed by atoms with Crippen molar-refractivity contribution in [2.75, 3.05) is 11.9 Å². The number of nitrogens with zero attached hydrogens (tertiary/aromatic N) is 1. The van der Waals surface area contributed by atoms with Crippen molar-refractivity contribution >= 4 is 27.5 Å². The summed E-state index contributed by atoms with van der Waals surface area (Å²) in [7, 11) is 0. The number of amides is 1. The van der Waals surface area contributed by atoms with Crippen molar-refractivity contribution in [3.63, 3.8) is 0 Å². The summed E-state index contributed by atoms with van der Waals surface area (Å²) in [6.07, 6.45) is 4.45. The van der Waals surface area contributed by atoms with E-state index >= 15 is 0 Å². The van der Waals surface area contributed by atoms with E-state index in [9.17, 15) is 4.79 Å². The van der Waals surface area contributed by atoms with Crippen LogP contribution in [0, 0.1) is 0 Å². The average Bonchev–Trinajstić information content (AvgIpc) is 2.74. The Morgan fingerprint density at radius 3 is 3.25 bits per heavy atom. The highest BCUT2D eigenvalue weighted by Crippen LogP contribution is 2.19. The predicted molar refractivity (Wildman–Crippen MR) is 66.2 cm³/mol. The zero-order chi connectivity index (χ0) is 11.4. The lowest BCUT2D eigenvalue weighted by atomic mass is 10.1. The summed E-state index contributed by atoms with van der Waals surface area (Å²) in [6.45, 7) is 1.02. The third-order valence-corrected chi connectivity index (χ3v) is 3.26. The van der Waals surface area contributed by atoms with Gasteiger partial charge >= 0.3 is 0 Å². The number of hydrogen-bond donors (Lipinski definition) is 2. The Morgan fingerprint density at radius 2 is 2.56 bits per heavy atom. The molecule has 16 heavy (non-hydrogen) atoms. The van der Waals surface area contributed by atoms with Crippen molar-refractivity contribution in [1.29, 1.82) is 0 Å². The van der Waals surface area contributed by atoms with Gasteiger partial charge in [0, 0.05) is 18.7 Å². The van der Waals surface area contributed by atoms with E-state index in [1.165, 1.54) is 0 Å². The molecular weight excluding hydrogens is 270 g/mol. The minimum absolute atomic E-state index is 0.0353. The number of pyridine rings is 1. The molecule has 0 radical (unpaired) electrons. The summed E-state index contributed by atoms with van der Waals surface area (Å²) >= 11 is 3.30. The molecule has 1 aromatic rings.